The van der Waals surface area contributed by atoms with Crippen LogP contribution in [0.2, 0.25) is 0 Å². The summed E-state index contributed by atoms with van der Waals surface area (Å²) in [6.07, 6.45) is 0. The number of rotatable bonds is 6. The first-order valence-electron chi connectivity index (χ1n) is 7.82. The molecule has 1 aromatic carbocycles. The second-order valence-electron chi connectivity index (χ2n) is 6.08. The Kier molecular flexibility index (Phi) is 6.88. The Balaban J connectivity index is 2.70. The van der Waals surface area contributed by atoms with Crippen molar-refractivity contribution in [2.24, 2.45) is 5.92 Å². The lowest BCUT2D eigenvalue weighted by molar-refractivity contribution is -0.124. The summed E-state index contributed by atoms with van der Waals surface area (Å²) in [7, 11) is 5.29. The molecule has 0 fully saturated rings. The number of hydrogen-bond acceptors (Lipinski definition) is 3. The average Bonchev–Trinajstić information content (AvgIpc) is 2.53. The molecule has 23 heavy (non-hydrogen) atoms. The summed E-state index contributed by atoms with van der Waals surface area (Å²) in [6, 6.07) is 7.85. The van der Waals surface area contributed by atoms with Gasteiger partial charge in [0.05, 0.1) is 5.92 Å². The third-order valence-electron chi connectivity index (χ3n) is 3.87. The molecule has 0 aliphatic rings. The van der Waals surface area contributed by atoms with Crippen molar-refractivity contribution in [1.29, 1.82) is 0 Å². The van der Waals surface area contributed by atoms with E-state index >= 15 is 0 Å². The summed E-state index contributed by atoms with van der Waals surface area (Å²) >= 11 is 0. The lowest BCUT2D eigenvalue weighted by Gasteiger charge is -2.25. The Morgan fingerprint density at radius 2 is 1.83 bits per heavy atom. The monoisotopic (exact) mass is 320 g/mol. The van der Waals surface area contributed by atoms with E-state index in [0.29, 0.717) is 12.6 Å². The maximum absolute atomic E-state index is 12.2. The summed E-state index contributed by atoms with van der Waals surface area (Å²) < 4.78 is 0. The zero-order valence-corrected chi connectivity index (χ0v) is 14.9. The van der Waals surface area contributed by atoms with Crippen molar-refractivity contribution in [3.8, 4) is 0 Å². The molecule has 0 radical (unpaired) electrons. The highest BCUT2D eigenvalue weighted by atomic mass is 16.2. The molecule has 2 N–H and O–H groups in total. The number of carbonyl (C=O) groups is 2. The number of urea groups is 1. The molecule has 1 unspecified atom stereocenters. The van der Waals surface area contributed by atoms with Crippen molar-refractivity contribution in [3.63, 3.8) is 0 Å². The molecule has 0 aliphatic heterocycles. The molecule has 0 saturated carbocycles. The van der Waals surface area contributed by atoms with Gasteiger partial charge >= 0.3 is 6.03 Å². The minimum absolute atomic E-state index is 0.0785. The number of benzene rings is 1. The molecule has 0 aliphatic carbocycles. The summed E-state index contributed by atoms with van der Waals surface area (Å²) in [5, 5.41) is 5.45. The Morgan fingerprint density at radius 1 is 1.17 bits per heavy atom. The van der Waals surface area contributed by atoms with Crippen LogP contribution in [0.4, 0.5) is 16.2 Å². The van der Waals surface area contributed by atoms with E-state index in [0.717, 1.165) is 11.4 Å². The van der Waals surface area contributed by atoms with Gasteiger partial charge in [-0.3, -0.25) is 4.79 Å². The molecule has 1 aromatic rings. The molecule has 128 valence electrons. The highest BCUT2D eigenvalue weighted by Gasteiger charge is 2.17. The fraction of sp³-hybridized carbons (Fsp3) is 0.529. The third kappa shape index (κ3) is 5.47. The van der Waals surface area contributed by atoms with E-state index in [9.17, 15) is 9.59 Å². The van der Waals surface area contributed by atoms with E-state index in [1.165, 1.54) is 4.90 Å². The summed E-state index contributed by atoms with van der Waals surface area (Å²) in [5.41, 5.74) is 1.78. The van der Waals surface area contributed by atoms with Crippen molar-refractivity contribution in [1.82, 2.24) is 10.2 Å². The maximum Gasteiger partial charge on any atom is 0.321 e. The van der Waals surface area contributed by atoms with Gasteiger partial charge in [-0.05, 0) is 32.0 Å². The van der Waals surface area contributed by atoms with Crippen LogP contribution in [0, 0.1) is 5.92 Å². The molecular weight excluding hydrogens is 292 g/mol. The molecule has 0 heterocycles. The van der Waals surface area contributed by atoms with Crippen LogP contribution in [-0.2, 0) is 4.79 Å². The molecule has 1 rings (SSSR count). The van der Waals surface area contributed by atoms with E-state index in [1.807, 2.05) is 31.3 Å². The zero-order chi connectivity index (χ0) is 17.6. The molecule has 6 heteroatoms. The van der Waals surface area contributed by atoms with Crippen LogP contribution in [0.15, 0.2) is 24.3 Å². The van der Waals surface area contributed by atoms with Gasteiger partial charge in [0.15, 0.2) is 0 Å². The Hall–Kier alpha value is -2.24. The van der Waals surface area contributed by atoms with Gasteiger partial charge in [-0.25, -0.2) is 4.79 Å². The highest BCUT2D eigenvalue weighted by molar-refractivity contribution is 5.90. The Bertz CT molecular complexity index is 545. The Morgan fingerprint density at radius 3 is 2.39 bits per heavy atom. The third-order valence-corrected chi connectivity index (χ3v) is 3.87. The number of nitrogens with zero attached hydrogens (tertiary/aromatic N) is 2. The van der Waals surface area contributed by atoms with Crippen molar-refractivity contribution < 1.29 is 9.59 Å². The molecule has 1 atom stereocenters. The molecule has 0 spiro atoms. The van der Waals surface area contributed by atoms with Gasteiger partial charge in [0.25, 0.3) is 0 Å². The highest BCUT2D eigenvalue weighted by Crippen LogP contribution is 2.20. The average molecular weight is 320 g/mol. The van der Waals surface area contributed by atoms with Crippen LogP contribution in [0.1, 0.15) is 20.8 Å². The van der Waals surface area contributed by atoms with Crippen LogP contribution in [0.5, 0.6) is 0 Å². The fourth-order valence-corrected chi connectivity index (χ4v) is 2.14. The minimum atomic E-state index is -0.255. The summed E-state index contributed by atoms with van der Waals surface area (Å²) in [5.74, 6) is -0.334. The largest absolute Gasteiger partial charge is 0.372 e. The van der Waals surface area contributed by atoms with Crippen molar-refractivity contribution in [2.45, 2.75) is 26.8 Å². The van der Waals surface area contributed by atoms with Gasteiger partial charge in [0.2, 0.25) is 5.91 Å². The van der Waals surface area contributed by atoms with Crippen LogP contribution in [0.25, 0.3) is 0 Å². The van der Waals surface area contributed by atoms with E-state index in [2.05, 4.69) is 29.4 Å². The van der Waals surface area contributed by atoms with Crippen LogP contribution in [-0.4, -0.2) is 50.6 Å². The van der Waals surface area contributed by atoms with Gasteiger partial charge in [-0.15, -0.1) is 0 Å². The molecule has 3 amide bonds. The van der Waals surface area contributed by atoms with Crippen molar-refractivity contribution in [3.05, 3.63) is 24.3 Å². The van der Waals surface area contributed by atoms with Gasteiger partial charge in [-0.1, -0.05) is 13.0 Å². The predicted octanol–water partition coefficient (Wildman–Crippen LogP) is 2.38. The summed E-state index contributed by atoms with van der Waals surface area (Å²) in [4.78, 5) is 27.4. The van der Waals surface area contributed by atoms with E-state index in [1.54, 1.807) is 21.0 Å². The van der Waals surface area contributed by atoms with E-state index in [-0.39, 0.29) is 17.9 Å². The smallest absolute Gasteiger partial charge is 0.321 e. The molecule has 0 bridgehead atoms. The molecular formula is C17H28N4O2. The number of hydrogen-bond donors (Lipinski definition) is 2. The first-order valence-corrected chi connectivity index (χ1v) is 7.82. The van der Waals surface area contributed by atoms with E-state index in [4.69, 9.17) is 0 Å². The van der Waals surface area contributed by atoms with Gasteiger partial charge < -0.3 is 20.4 Å². The fourth-order valence-electron chi connectivity index (χ4n) is 2.14. The van der Waals surface area contributed by atoms with E-state index < -0.39 is 0 Å². The number of nitrogens with one attached hydrogen (secondary N) is 2. The number of carbonyl (C=O) groups excluding carboxylic acids is 2. The lowest BCUT2D eigenvalue weighted by Crippen LogP contribution is -2.39. The number of anilines is 2. The Labute approximate surface area is 138 Å². The van der Waals surface area contributed by atoms with Crippen molar-refractivity contribution in [2.75, 3.05) is 37.9 Å². The van der Waals surface area contributed by atoms with Crippen LogP contribution >= 0.6 is 0 Å². The zero-order valence-electron chi connectivity index (χ0n) is 14.9. The second kappa shape index (κ2) is 8.41. The molecule has 0 aromatic heterocycles. The van der Waals surface area contributed by atoms with Crippen LogP contribution in [0.3, 0.4) is 0 Å². The first-order chi connectivity index (χ1) is 10.8. The topological polar surface area (TPSA) is 64.7 Å². The van der Waals surface area contributed by atoms with Crippen LogP contribution < -0.4 is 15.5 Å². The minimum Gasteiger partial charge on any atom is -0.372 e. The number of amides is 3. The quantitative estimate of drug-likeness (QED) is 0.846. The first kappa shape index (κ1) is 18.8. The van der Waals surface area contributed by atoms with Gasteiger partial charge in [0, 0.05) is 45.1 Å². The van der Waals surface area contributed by atoms with Gasteiger partial charge in [-0.2, -0.15) is 0 Å². The SMILES string of the molecule is CNC(=O)C(C)CN(C)C(=O)Nc1cccc(N(C)C(C)C)c1. The molecule has 6 nitrogen and oxygen atoms in total. The normalized spacial score (nSPS) is 11.8. The summed E-state index contributed by atoms with van der Waals surface area (Å²) in [6.45, 7) is 6.37. The predicted molar refractivity (Wildman–Crippen MR) is 94.9 cm³/mol. The standard InChI is InChI=1S/C17H28N4O2/c1-12(2)21(6)15-9-7-8-14(10-15)19-17(23)20(5)11-13(3)16(22)18-4/h7-10,12-13H,11H2,1-6H3,(H,18,22)(H,19,23). The lowest BCUT2D eigenvalue weighted by atomic mass is 10.1. The maximum atomic E-state index is 12.2. The second-order valence-corrected chi connectivity index (χ2v) is 6.08. The van der Waals surface area contributed by atoms with Crippen molar-refractivity contribution >= 4 is 23.3 Å². The van der Waals surface area contributed by atoms with Gasteiger partial charge in [0.1, 0.15) is 0 Å². The molecule has 0 saturated heterocycles.